The number of nitrogens with zero attached hydrogens (tertiary/aromatic N) is 2. The van der Waals surface area contributed by atoms with Crippen LogP contribution < -0.4 is 5.32 Å². The van der Waals surface area contributed by atoms with E-state index in [1.165, 1.54) is 22.5 Å². The Morgan fingerprint density at radius 1 is 1.41 bits per heavy atom. The topological polar surface area (TPSA) is 73.2 Å². The van der Waals surface area contributed by atoms with E-state index in [1.807, 2.05) is 13.1 Å². The molecule has 0 saturated carbocycles. The van der Waals surface area contributed by atoms with Crippen molar-refractivity contribution < 1.29 is 8.42 Å². The zero-order valence-electron chi connectivity index (χ0n) is 12.5. The molecule has 1 aliphatic rings. The van der Waals surface area contributed by atoms with Gasteiger partial charge in [0.25, 0.3) is 0 Å². The average molecular weight is 342 g/mol. The van der Waals surface area contributed by atoms with Gasteiger partial charge in [0.05, 0.1) is 15.5 Å². The summed E-state index contributed by atoms with van der Waals surface area (Å²) in [5.74, 6) is 0.573. The Morgan fingerprint density at radius 2 is 2.09 bits per heavy atom. The number of sulfonamides is 1. The number of hydrogen-bond donors (Lipinski definition) is 1. The van der Waals surface area contributed by atoms with E-state index in [4.69, 9.17) is 16.9 Å². The molecule has 0 spiro atoms. The number of nitriles is 1. The Kier molecular flexibility index (Phi) is 5.81. The standard InChI is InChI=1S/C15H20ClN3O2S/c1-18-7-4-12-5-8-19(9-6-12)22(20,21)14-3-2-13(11-17)15(16)10-14/h2-3,10,12,18H,4-9H2,1H3. The van der Waals surface area contributed by atoms with Crippen LogP contribution in [0.4, 0.5) is 0 Å². The van der Waals surface area contributed by atoms with Gasteiger partial charge >= 0.3 is 0 Å². The van der Waals surface area contributed by atoms with Crippen molar-refractivity contribution in [2.45, 2.75) is 24.2 Å². The van der Waals surface area contributed by atoms with Crippen molar-refractivity contribution in [3.05, 3.63) is 28.8 Å². The van der Waals surface area contributed by atoms with Gasteiger partial charge in [0, 0.05) is 13.1 Å². The summed E-state index contributed by atoms with van der Waals surface area (Å²) in [5, 5.41) is 12.2. The predicted octanol–water partition coefficient (Wildman–Crippen LogP) is 2.22. The summed E-state index contributed by atoms with van der Waals surface area (Å²) >= 11 is 5.94. The van der Waals surface area contributed by atoms with Crippen LogP contribution in [0.3, 0.4) is 0 Å². The largest absolute Gasteiger partial charge is 0.320 e. The summed E-state index contributed by atoms with van der Waals surface area (Å²) < 4.78 is 26.8. The maximum absolute atomic E-state index is 12.6. The summed E-state index contributed by atoms with van der Waals surface area (Å²) in [6.07, 6.45) is 2.84. The lowest BCUT2D eigenvalue weighted by Crippen LogP contribution is -2.38. The minimum Gasteiger partial charge on any atom is -0.320 e. The Morgan fingerprint density at radius 3 is 2.64 bits per heavy atom. The first-order valence-corrected chi connectivity index (χ1v) is 9.15. The van der Waals surface area contributed by atoms with Gasteiger partial charge < -0.3 is 5.32 Å². The van der Waals surface area contributed by atoms with E-state index in [1.54, 1.807) is 0 Å². The molecule has 0 radical (unpaired) electrons. The summed E-state index contributed by atoms with van der Waals surface area (Å²) in [6, 6.07) is 6.20. The Labute approximate surface area is 136 Å². The lowest BCUT2D eigenvalue weighted by atomic mass is 9.95. The van der Waals surface area contributed by atoms with Crippen LogP contribution in [-0.4, -0.2) is 39.4 Å². The highest BCUT2D eigenvalue weighted by molar-refractivity contribution is 7.89. The number of piperidine rings is 1. The van der Waals surface area contributed by atoms with Crippen molar-refractivity contribution >= 4 is 21.6 Å². The maximum atomic E-state index is 12.6. The second-order valence-electron chi connectivity index (χ2n) is 5.49. The van der Waals surface area contributed by atoms with Gasteiger partial charge in [-0.2, -0.15) is 9.57 Å². The monoisotopic (exact) mass is 341 g/mol. The highest BCUT2D eigenvalue weighted by atomic mass is 35.5. The normalized spacial score (nSPS) is 17.3. The molecule has 1 aliphatic heterocycles. The molecule has 1 aromatic rings. The van der Waals surface area contributed by atoms with Crippen LogP contribution in [0, 0.1) is 17.2 Å². The number of halogens is 1. The molecule has 5 nitrogen and oxygen atoms in total. The SMILES string of the molecule is CNCCC1CCN(S(=O)(=O)c2ccc(C#N)c(Cl)c2)CC1. The second kappa shape index (κ2) is 7.42. The smallest absolute Gasteiger partial charge is 0.243 e. The third-order valence-electron chi connectivity index (χ3n) is 4.07. The van der Waals surface area contributed by atoms with Crippen LogP contribution in [0.25, 0.3) is 0 Å². The molecular formula is C15H20ClN3O2S. The fourth-order valence-electron chi connectivity index (χ4n) is 2.68. The first-order chi connectivity index (χ1) is 10.5. The van der Waals surface area contributed by atoms with Crippen molar-refractivity contribution in [1.82, 2.24) is 9.62 Å². The van der Waals surface area contributed by atoms with E-state index in [0.29, 0.717) is 19.0 Å². The summed E-state index contributed by atoms with van der Waals surface area (Å²) in [7, 11) is -1.60. The maximum Gasteiger partial charge on any atom is 0.243 e. The van der Waals surface area contributed by atoms with Crippen LogP contribution in [0.5, 0.6) is 0 Å². The fourth-order valence-corrected chi connectivity index (χ4v) is 4.47. The molecule has 1 saturated heterocycles. The lowest BCUT2D eigenvalue weighted by molar-refractivity contribution is 0.263. The zero-order valence-corrected chi connectivity index (χ0v) is 14.1. The molecule has 7 heteroatoms. The van der Waals surface area contributed by atoms with Gasteiger partial charge in [0.15, 0.2) is 0 Å². The van der Waals surface area contributed by atoms with Crippen molar-refractivity contribution in [3.63, 3.8) is 0 Å². The zero-order chi connectivity index (χ0) is 16.2. The van der Waals surface area contributed by atoms with E-state index in [2.05, 4.69) is 5.32 Å². The summed E-state index contributed by atoms with van der Waals surface area (Å²) in [4.78, 5) is 0.158. The van der Waals surface area contributed by atoms with Gasteiger partial charge in [-0.05, 0) is 57.0 Å². The summed E-state index contributed by atoms with van der Waals surface area (Å²) in [5.41, 5.74) is 0.284. The number of hydrogen-bond acceptors (Lipinski definition) is 4. The molecule has 120 valence electrons. The Hall–Kier alpha value is -1.13. The van der Waals surface area contributed by atoms with Gasteiger partial charge in [0.1, 0.15) is 6.07 Å². The van der Waals surface area contributed by atoms with Crippen molar-refractivity contribution in [2.75, 3.05) is 26.7 Å². The first-order valence-electron chi connectivity index (χ1n) is 7.33. The first kappa shape index (κ1) is 17.2. The van der Waals surface area contributed by atoms with Crippen LogP contribution in [0.1, 0.15) is 24.8 Å². The summed E-state index contributed by atoms with van der Waals surface area (Å²) in [6.45, 7) is 2.03. The molecule has 1 aromatic carbocycles. The average Bonchev–Trinajstić information content (AvgIpc) is 2.53. The molecule has 1 fully saturated rings. The van der Waals surface area contributed by atoms with E-state index < -0.39 is 10.0 Å². The minimum absolute atomic E-state index is 0.158. The van der Waals surface area contributed by atoms with E-state index >= 15 is 0 Å². The molecule has 0 atom stereocenters. The van der Waals surface area contributed by atoms with Crippen LogP contribution in [-0.2, 0) is 10.0 Å². The van der Waals surface area contributed by atoms with E-state index in [0.717, 1.165) is 25.8 Å². The third-order valence-corrected chi connectivity index (χ3v) is 6.28. The molecule has 0 bridgehead atoms. The molecule has 2 rings (SSSR count). The van der Waals surface area contributed by atoms with Crippen LogP contribution in [0.2, 0.25) is 5.02 Å². The number of rotatable bonds is 5. The number of benzene rings is 1. The van der Waals surface area contributed by atoms with Crippen molar-refractivity contribution in [3.8, 4) is 6.07 Å². The lowest BCUT2D eigenvalue weighted by Gasteiger charge is -2.31. The van der Waals surface area contributed by atoms with Gasteiger partial charge in [-0.1, -0.05) is 11.6 Å². The van der Waals surface area contributed by atoms with Crippen molar-refractivity contribution in [2.24, 2.45) is 5.92 Å². The molecule has 0 unspecified atom stereocenters. The van der Waals surface area contributed by atoms with Crippen molar-refractivity contribution in [1.29, 1.82) is 5.26 Å². The van der Waals surface area contributed by atoms with Gasteiger partial charge in [-0.25, -0.2) is 8.42 Å². The van der Waals surface area contributed by atoms with Crippen LogP contribution >= 0.6 is 11.6 Å². The molecular weight excluding hydrogens is 322 g/mol. The molecule has 0 amide bonds. The Bertz CT molecular complexity index is 662. The quantitative estimate of drug-likeness (QED) is 0.891. The Balaban J connectivity index is 2.09. The van der Waals surface area contributed by atoms with Gasteiger partial charge in [-0.15, -0.1) is 0 Å². The van der Waals surface area contributed by atoms with Crippen LogP contribution in [0.15, 0.2) is 23.1 Å². The highest BCUT2D eigenvalue weighted by Gasteiger charge is 2.29. The predicted molar refractivity (Wildman–Crippen MR) is 86.2 cm³/mol. The van der Waals surface area contributed by atoms with Gasteiger partial charge in [0.2, 0.25) is 10.0 Å². The fraction of sp³-hybridized carbons (Fsp3) is 0.533. The third kappa shape index (κ3) is 3.79. The molecule has 22 heavy (non-hydrogen) atoms. The molecule has 1 heterocycles. The molecule has 1 N–H and O–H groups in total. The second-order valence-corrected chi connectivity index (χ2v) is 7.84. The van der Waals surface area contributed by atoms with Gasteiger partial charge in [-0.3, -0.25) is 0 Å². The molecule has 0 aliphatic carbocycles. The highest BCUT2D eigenvalue weighted by Crippen LogP contribution is 2.27. The van der Waals surface area contributed by atoms with E-state index in [-0.39, 0.29) is 15.5 Å². The minimum atomic E-state index is -3.53. The number of nitrogens with one attached hydrogen (secondary N) is 1. The molecule has 0 aromatic heterocycles. The van der Waals surface area contributed by atoms with E-state index in [9.17, 15) is 8.42 Å².